The minimum atomic E-state index is -1.41. The highest BCUT2D eigenvalue weighted by molar-refractivity contribution is 5.83. The number of rotatable bonds is 17. The number of amides is 1. The number of unbranched alkanes of at least 4 members (excludes halogenated alkanes) is 9. The first-order valence-corrected chi connectivity index (χ1v) is 13.9. The SMILES string of the molecule is CCCCCC=CCC=CCCCCCCCCOC(=O)Nc1nc(=O)n(C2OC(C)C(O)C2O)cc1F. The van der Waals surface area contributed by atoms with Crippen LogP contribution < -0.4 is 11.0 Å². The van der Waals surface area contributed by atoms with E-state index in [9.17, 15) is 24.2 Å². The molecule has 0 spiro atoms. The van der Waals surface area contributed by atoms with Crippen LogP contribution in [0.2, 0.25) is 0 Å². The van der Waals surface area contributed by atoms with Crippen molar-refractivity contribution >= 4 is 11.9 Å². The summed E-state index contributed by atoms with van der Waals surface area (Å²) in [4.78, 5) is 27.7. The first kappa shape index (κ1) is 31.7. The third-order valence-corrected chi connectivity index (χ3v) is 6.46. The van der Waals surface area contributed by atoms with E-state index in [1.807, 2.05) is 0 Å². The lowest BCUT2D eigenvalue weighted by Gasteiger charge is -2.17. The number of anilines is 1. The van der Waals surface area contributed by atoms with E-state index in [0.29, 0.717) is 6.42 Å². The molecule has 0 aromatic carbocycles. The molecule has 0 saturated carbocycles. The van der Waals surface area contributed by atoms with Gasteiger partial charge < -0.3 is 19.7 Å². The number of halogens is 1. The number of aromatic nitrogens is 2. The number of allylic oxidation sites excluding steroid dienone is 4. The van der Waals surface area contributed by atoms with E-state index in [4.69, 9.17) is 9.47 Å². The third-order valence-electron chi connectivity index (χ3n) is 6.46. The average molecular weight is 538 g/mol. The van der Waals surface area contributed by atoms with Gasteiger partial charge in [-0.2, -0.15) is 4.98 Å². The van der Waals surface area contributed by atoms with Crippen molar-refractivity contribution in [3.63, 3.8) is 0 Å². The molecule has 214 valence electrons. The summed E-state index contributed by atoms with van der Waals surface area (Å²) in [6.07, 6.45) is 17.4. The fourth-order valence-corrected chi connectivity index (χ4v) is 4.16. The van der Waals surface area contributed by atoms with Crippen LogP contribution >= 0.6 is 0 Å². The van der Waals surface area contributed by atoms with Crippen molar-refractivity contribution in [2.75, 3.05) is 11.9 Å². The van der Waals surface area contributed by atoms with Gasteiger partial charge in [0.1, 0.15) is 12.2 Å². The number of carbonyl (C=O) groups excluding carboxylic acids is 1. The molecule has 0 radical (unpaired) electrons. The summed E-state index contributed by atoms with van der Waals surface area (Å²) in [5, 5.41) is 21.9. The Bertz CT molecular complexity index is 951. The quantitative estimate of drug-likeness (QED) is 0.180. The van der Waals surface area contributed by atoms with E-state index in [2.05, 4.69) is 41.5 Å². The molecule has 1 aromatic heterocycles. The summed E-state index contributed by atoms with van der Waals surface area (Å²) >= 11 is 0. The summed E-state index contributed by atoms with van der Waals surface area (Å²) in [7, 11) is 0. The average Bonchev–Trinajstić information content (AvgIpc) is 3.14. The molecule has 2 rings (SSSR count). The second kappa shape index (κ2) is 17.9. The Labute approximate surface area is 224 Å². The lowest BCUT2D eigenvalue weighted by molar-refractivity contribution is -0.0355. The molecule has 10 heteroatoms. The second-order valence-electron chi connectivity index (χ2n) is 9.69. The van der Waals surface area contributed by atoms with Gasteiger partial charge in [0.25, 0.3) is 0 Å². The Morgan fingerprint density at radius 2 is 1.68 bits per heavy atom. The van der Waals surface area contributed by atoms with Gasteiger partial charge in [0.2, 0.25) is 0 Å². The van der Waals surface area contributed by atoms with Gasteiger partial charge in [-0.3, -0.25) is 9.88 Å². The molecule has 1 aliphatic rings. The Kier molecular flexibility index (Phi) is 14.9. The number of aliphatic hydroxyl groups excluding tert-OH is 2. The van der Waals surface area contributed by atoms with Gasteiger partial charge in [0.15, 0.2) is 17.9 Å². The van der Waals surface area contributed by atoms with Gasteiger partial charge in [0.05, 0.1) is 18.9 Å². The fraction of sp³-hybridized carbons (Fsp3) is 0.679. The predicted octanol–water partition coefficient (Wildman–Crippen LogP) is 5.38. The first-order valence-electron chi connectivity index (χ1n) is 13.9. The van der Waals surface area contributed by atoms with Gasteiger partial charge in [-0.25, -0.2) is 14.0 Å². The molecule has 1 aliphatic heterocycles. The van der Waals surface area contributed by atoms with Crippen LogP contribution in [0.25, 0.3) is 0 Å². The maximum atomic E-state index is 14.4. The van der Waals surface area contributed by atoms with Crippen LogP contribution in [0.15, 0.2) is 35.3 Å². The van der Waals surface area contributed by atoms with Crippen LogP contribution in [0.4, 0.5) is 15.0 Å². The van der Waals surface area contributed by atoms with Gasteiger partial charge in [-0.1, -0.05) is 69.8 Å². The molecular formula is C28H44FN3O6. The molecule has 2 heterocycles. The van der Waals surface area contributed by atoms with Crippen LogP contribution in [0.5, 0.6) is 0 Å². The monoisotopic (exact) mass is 537 g/mol. The van der Waals surface area contributed by atoms with Crippen molar-refractivity contribution in [3.8, 4) is 0 Å². The van der Waals surface area contributed by atoms with Crippen molar-refractivity contribution in [1.29, 1.82) is 0 Å². The highest BCUT2D eigenvalue weighted by Gasteiger charge is 2.42. The smallest absolute Gasteiger partial charge is 0.412 e. The van der Waals surface area contributed by atoms with Crippen molar-refractivity contribution in [3.05, 3.63) is 46.8 Å². The third kappa shape index (κ3) is 11.0. The number of ether oxygens (including phenoxy) is 2. The van der Waals surface area contributed by atoms with E-state index in [1.165, 1.54) is 39.0 Å². The number of carbonyl (C=O) groups is 1. The van der Waals surface area contributed by atoms with E-state index >= 15 is 0 Å². The molecule has 38 heavy (non-hydrogen) atoms. The van der Waals surface area contributed by atoms with Crippen molar-refractivity contribution < 1.29 is 28.9 Å². The number of hydrogen-bond donors (Lipinski definition) is 3. The number of aliphatic hydroxyl groups is 2. The Balaban J connectivity index is 1.54. The second-order valence-corrected chi connectivity index (χ2v) is 9.69. The summed E-state index contributed by atoms with van der Waals surface area (Å²) in [5.74, 6) is -1.57. The largest absolute Gasteiger partial charge is 0.449 e. The van der Waals surface area contributed by atoms with Crippen LogP contribution in [-0.4, -0.2) is 50.8 Å². The summed E-state index contributed by atoms with van der Waals surface area (Å²) < 4.78 is 25.5. The highest BCUT2D eigenvalue weighted by atomic mass is 19.1. The molecule has 0 aliphatic carbocycles. The Hall–Kier alpha value is -2.56. The molecule has 0 bridgehead atoms. The molecule has 4 unspecified atom stereocenters. The lowest BCUT2D eigenvalue weighted by atomic mass is 10.1. The van der Waals surface area contributed by atoms with Crippen LogP contribution in [0, 0.1) is 5.82 Å². The molecule has 1 saturated heterocycles. The molecular weight excluding hydrogens is 493 g/mol. The first-order chi connectivity index (χ1) is 18.3. The minimum absolute atomic E-state index is 0.178. The molecule has 1 aromatic rings. The van der Waals surface area contributed by atoms with Crippen LogP contribution in [-0.2, 0) is 9.47 Å². The standard InChI is InChI=1S/C28H44FN3O6/c1-3-4-5-6-7-8-9-10-11-12-13-14-15-16-17-18-19-37-28(36)31-25-22(29)20-32(27(35)30-25)26-24(34)23(33)21(2)38-26/h7-8,10-11,20-21,23-24,26,33-34H,3-6,9,12-19H2,1-2H3,(H,30,31,35,36). The van der Waals surface area contributed by atoms with Crippen molar-refractivity contribution in [2.45, 2.75) is 115 Å². The Morgan fingerprint density at radius 1 is 1.05 bits per heavy atom. The maximum absolute atomic E-state index is 14.4. The summed E-state index contributed by atoms with van der Waals surface area (Å²) in [6, 6.07) is 0. The van der Waals surface area contributed by atoms with Crippen LogP contribution in [0.3, 0.4) is 0 Å². The van der Waals surface area contributed by atoms with E-state index in [-0.39, 0.29) is 6.61 Å². The molecule has 4 atom stereocenters. The number of nitrogens with zero attached hydrogens (tertiary/aromatic N) is 2. The normalized spacial score (nSPS) is 21.5. The van der Waals surface area contributed by atoms with Crippen molar-refractivity contribution in [1.82, 2.24) is 9.55 Å². The van der Waals surface area contributed by atoms with Gasteiger partial charge in [-0.05, 0) is 45.4 Å². The van der Waals surface area contributed by atoms with E-state index in [1.54, 1.807) is 0 Å². The van der Waals surface area contributed by atoms with E-state index < -0.39 is 48.0 Å². The predicted molar refractivity (Wildman–Crippen MR) is 144 cm³/mol. The maximum Gasteiger partial charge on any atom is 0.412 e. The van der Waals surface area contributed by atoms with Gasteiger partial charge >= 0.3 is 11.8 Å². The zero-order valence-corrected chi connectivity index (χ0v) is 22.7. The molecule has 1 amide bonds. The lowest BCUT2D eigenvalue weighted by Crippen LogP contribution is -2.36. The topological polar surface area (TPSA) is 123 Å². The highest BCUT2D eigenvalue weighted by Crippen LogP contribution is 2.28. The fourth-order valence-electron chi connectivity index (χ4n) is 4.16. The number of hydrogen-bond acceptors (Lipinski definition) is 7. The Morgan fingerprint density at radius 3 is 2.32 bits per heavy atom. The zero-order chi connectivity index (χ0) is 27.8. The minimum Gasteiger partial charge on any atom is -0.449 e. The van der Waals surface area contributed by atoms with E-state index in [0.717, 1.165) is 49.3 Å². The van der Waals surface area contributed by atoms with Gasteiger partial charge in [-0.15, -0.1) is 0 Å². The number of nitrogens with one attached hydrogen (secondary N) is 1. The summed E-state index contributed by atoms with van der Waals surface area (Å²) in [6.45, 7) is 3.91. The zero-order valence-electron chi connectivity index (χ0n) is 22.7. The van der Waals surface area contributed by atoms with Gasteiger partial charge in [0, 0.05) is 0 Å². The summed E-state index contributed by atoms with van der Waals surface area (Å²) in [5.41, 5.74) is -0.947. The molecule has 1 fully saturated rings. The molecule has 3 N–H and O–H groups in total. The molecule has 9 nitrogen and oxygen atoms in total. The van der Waals surface area contributed by atoms with Crippen molar-refractivity contribution in [2.24, 2.45) is 0 Å². The van der Waals surface area contributed by atoms with Crippen LogP contribution in [0.1, 0.15) is 97.1 Å².